The Kier molecular flexibility index (Phi) is 3.04. The van der Waals surface area contributed by atoms with Gasteiger partial charge in [-0.1, -0.05) is 26.2 Å². The molecule has 1 N–H and O–H groups in total. The van der Waals surface area contributed by atoms with Crippen molar-refractivity contribution in [1.29, 1.82) is 0 Å². The molecule has 0 bridgehead atoms. The van der Waals surface area contributed by atoms with Crippen molar-refractivity contribution in [2.45, 2.75) is 6.18 Å². The molecule has 1 aromatic heterocycles. The number of nitrogens with one attached hydrogen (secondary N) is 1. The van der Waals surface area contributed by atoms with Crippen LogP contribution in [0.5, 0.6) is 0 Å². The van der Waals surface area contributed by atoms with Gasteiger partial charge >= 0.3 is 6.18 Å². The molecule has 1 aromatic carbocycles. The Morgan fingerprint density at radius 1 is 1.35 bits per heavy atom. The predicted molar refractivity (Wildman–Crippen MR) is 59.2 cm³/mol. The molecule has 0 spiro atoms. The fourth-order valence-electron chi connectivity index (χ4n) is 1.28. The minimum atomic E-state index is -4.49. The quantitative estimate of drug-likeness (QED) is 0.820. The second-order valence-corrected chi connectivity index (χ2v) is 4.36. The fourth-order valence-corrected chi connectivity index (χ4v) is 1.83. The molecule has 1 heterocycles. The van der Waals surface area contributed by atoms with Crippen LogP contribution in [0, 0.1) is 4.77 Å². The highest BCUT2D eigenvalue weighted by Gasteiger charge is 2.34. The molecule has 17 heavy (non-hydrogen) atoms. The topological polar surface area (TPSA) is 46.5 Å². The summed E-state index contributed by atoms with van der Waals surface area (Å²) in [6.07, 6.45) is -4.49. The molecule has 0 aliphatic rings. The highest BCUT2D eigenvalue weighted by atomic mass is 79.9. The molecule has 9 heteroatoms. The lowest BCUT2D eigenvalue weighted by Gasteiger charge is -2.12. The monoisotopic (exact) mass is 324 g/mol. The molecule has 2 rings (SSSR count). The molecule has 0 saturated heterocycles. The minimum absolute atomic E-state index is 0.0715. The van der Waals surface area contributed by atoms with E-state index in [1.165, 1.54) is 12.1 Å². The van der Waals surface area contributed by atoms with Crippen LogP contribution >= 0.6 is 28.1 Å². The van der Waals surface area contributed by atoms with Gasteiger partial charge in [-0.3, -0.25) is 0 Å². The van der Waals surface area contributed by atoms with E-state index in [0.29, 0.717) is 4.47 Å². The van der Waals surface area contributed by atoms with Crippen LogP contribution in [0.3, 0.4) is 0 Å². The molecule has 4 nitrogen and oxygen atoms in total. The van der Waals surface area contributed by atoms with Crippen molar-refractivity contribution < 1.29 is 13.2 Å². The first-order valence-corrected chi connectivity index (χ1v) is 5.47. The molecule has 90 valence electrons. The number of tetrazole rings is 1. The molecule has 0 radical (unpaired) electrons. The van der Waals surface area contributed by atoms with E-state index in [4.69, 9.17) is 12.2 Å². The molecule has 0 aliphatic carbocycles. The van der Waals surface area contributed by atoms with Crippen molar-refractivity contribution in [1.82, 2.24) is 20.2 Å². The molecule has 0 aliphatic heterocycles. The SMILES string of the molecule is FC(F)(F)c1cc(Br)ccc1-n1[nH]nnc1=S. The Bertz CT molecular complexity index is 603. The largest absolute Gasteiger partial charge is 0.418 e. The third-order valence-corrected chi connectivity index (χ3v) is 2.73. The Morgan fingerprint density at radius 3 is 2.59 bits per heavy atom. The van der Waals surface area contributed by atoms with E-state index >= 15 is 0 Å². The summed E-state index contributed by atoms with van der Waals surface area (Å²) in [5.41, 5.74) is -0.968. The summed E-state index contributed by atoms with van der Waals surface area (Å²) in [6.45, 7) is 0. The number of alkyl halides is 3. The zero-order chi connectivity index (χ0) is 12.6. The van der Waals surface area contributed by atoms with Crippen LogP contribution in [0.4, 0.5) is 13.2 Å². The molecule has 2 aromatic rings. The smallest absolute Gasteiger partial charge is 0.209 e. The Hall–Kier alpha value is -1.22. The summed E-state index contributed by atoms with van der Waals surface area (Å²) in [5.74, 6) is 0. The lowest BCUT2D eigenvalue weighted by Crippen LogP contribution is -2.11. The lowest BCUT2D eigenvalue weighted by molar-refractivity contribution is -0.137. The van der Waals surface area contributed by atoms with Crippen molar-refractivity contribution in [2.24, 2.45) is 0 Å². The van der Waals surface area contributed by atoms with Crippen LogP contribution in [0.15, 0.2) is 22.7 Å². The average molecular weight is 325 g/mol. The van der Waals surface area contributed by atoms with Gasteiger partial charge in [0.25, 0.3) is 0 Å². The standard InChI is InChI=1S/C8H4BrF3N4S/c9-4-1-2-6(5(3-4)8(10,11)12)16-7(17)13-14-15-16/h1-3H,(H,13,15,17). The van der Waals surface area contributed by atoms with Crippen LogP contribution < -0.4 is 0 Å². The molecular weight excluding hydrogens is 321 g/mol. The summed E-state index contributed by atoms with van der Waals surface area (Å²) in [6, 6.07) is 3.73. The van der Waals surface area contributed by atoms with Crippen molar-refractivity contribution >= 4 is 28.1 Å². The van der Waals surface area contributed by atoms with E-state index in [1.807, 2.05) is 0 Å². The van der Waals surface area contributed by atoms with Crippen molar-refractivity contribution in [2.75, 3.05) is 0 Å². The van der Waals surface area contributed by atoms with Crippen LogP contribution in [0.25, 0.3) is 5.69 Å². The second kappa shape index (κ2) is 4.22. The third-order valence-electron chi connectivity index (χ3n) is 1.98. The van der Waals surface area contributed by atoms with E-state index < -0.39 is 11.7 Å². The van der Waals surface area contributed by atoms with Gasteiger partial charge in [-0.15, -0.1) is 0 Å². The molecule has 0 unspecified atom stereocenters. The first kappa shape index (κ1) is 12.2. The predicted octanol–water partition coefficient (Wildman–Crippen LogP) is 3.11. The van der Waals surface area contributed by atoms with Crippen LogP contribution in [0.2, 0.25) is 0 Å². The summed E-state index contributed by atoms with van der Waals surface area (Å²) >= 11 is 7.76. The van der Waals surface area contributed by atoms with Gasteiger partial charge in [0.2, 0.25) is 4.77 Å². The van der Waals surface area contributed by atoms with Crippen LogP contribution in [-0.2, 0) is 6.18 Å². The van der Waals surface area contributed by atoms with Crippen molar-refractivity contribution in [3.05, 3.63) is 33.0 Å². The van der Waals surface area contributed by atoms with Gasteiger partial charge in [0.15, 0.2) is 0 Å². The summed E-state index contributed by atoms with van der Waals surface area (Å²) < 4.78 is 39.7. The number of hydrogen-bond acceptors (Lipinski definition) is 3. The Labute approximate surface area is 107 Å². The van der Waals surface area contributed by atoms with Gasteiger partial charge in [0.1, 0.15) is 0 Å². The maximum atomic E-state index is 12.8. The molecule has 0 atom stereocenters. The second-order valence-electron chi connectivity index (χ2n) is 3.08. The zero-order valence-corrected chi connectivity index (χ0v) is 10.4. The van der Waals surface area contributed by atoms with Gasteiger partial charge in [-0.25, -0.2) is 4.68 Å². The Morgan fingerprint density at radius 2 is 2.06 bits per heavy atom. The summed E-state index contributed by atoms with van der Waals surface area (Å²) in [4.78, 5) is 0. The molecule has 0 amide bonds. The first-order chi connectivity index (χ1) is 7.89. The molecular formula is C8H4BrF3N4S. The lowest BCUT2D eigenvalue weighted by atomic mass is 10.2. The number of aromatic amines is 1. The maximum Gasteiger partial charge on any atom is 0.418 e. The van der Waals surface area contributed by atoms with Crippen molar-refractivity contribution in [3.63, 3.8) is 0 Å². The normalized spacial score (nSPS) is 11.8. The number of hydrogen-bond donors (Lipinski definition) is 1. The maximum absolute atomic E-state index is 12.8. The molecule has 0 saturated carbocycles. The van der Waals surface area contributed by atoms with Crippen LogP contribution in [-0.4, -0.2) is 20.2 Å². The minimum Gasteiger partial charge on any atom is -0.209 e. The highest BCUT2D eigenvalue weighted by molar-refractivity contribution is 9.10. The first-order valence-electron chi connectivity index (χ1n) is 4.27. The summed E-state index contributed by atoms with van der Waals surface area (Å²) in [5, 5.41) is 9.07. The number of benzene rings is 1. The number of nitrogens with zero attached hydrogens (tertiary/aromatic N) is 3. The zero-order valence-electron chi connectivity index (χ0n) is 7.99. The number of rotatable bonds is 1. The van der Waals surface area contributed by atoms with E-state index in [9.17, 15) is 13.2 Å². The van der Waals surface area contributed by atoms with Gasteiger partial charge in [0, 0.05) is 4.47 Å². The van der Waals surface area contributed by atoms with Gasteiger partial charge in [-0.05, 0) is 30.4 Å². The van der Waals surface area contributed by atoms with E-state index in [-0.39, 0.29) is 10.5 Å². The number of aromatic nitrogens is 4. The van der Waals surface area contributed by atoms with Gasteiger partial charge in [0.05, 0.1) is 11.3 Å². The fraction of sp³-hybridized carbons (Fsp3) is 0.125. The average Bonchev–Trinajstić information content (AvgIpc) is 2.63. The Balaban J connectivity index is 2.71. The molecule has 0 fully saturated rings. The van der Waals surface area contributed by atoms with Crippen molar-refractivity contribution in [3.8, 4) is 5.69 Å². The van der Waals surface area contributed by atoms with Crippen LogP contribution in [0.1, 0.15) is 5.56 Å². The number of halogens is 4. The van der Waals surface area contributed by atoms with E-state index in [2.05, 4.69) is 31.5 Å². The summed E-state index contributed by atoms with van der Waals surface area (Å²) in [7, 11) is 0. The van der Waals surface area contributed by atoms with Gasteiger partial charge in [-0.2, -0.15) is 18.4 Å². The van der Waals surface area contributed by atoms with E-state index in [1.54, 1.807) is 0 Å². The van der Waals surface area contributed by atoms with E-state index in [0.717, 1.165) is 10.7 Å². The highest BCUT2D eigenvalue weighted by Crippen LogP contribution is 2.35. The van der Waals surface area contributed by atoms with Gasteiger partial charge < -0.3 is 0 Å². The third kappa shape index (κ3) is 2.39. The number of H-pyrrole nitrogens is 1.